The normalized spacial score (nSPS) is 18.6. The third kappa shape index (κ3) is 3.04. The predicted molar refractivity (Wildman–Crippen MR) is 59.1 cm³/mol. The van der Waals surface area contributed by atoms with Gasteiger partial charge in [-0.3, -0.25) is 15.0 Å². The standard InChI is InChI=1S/C10H16N4O2/c1-13-3-5-14(6-4-13)8-9(15)12-10-11-2-7-16-10/h2,7H,3-6,8H2,1H3,(H,11,12,15). The summed E-state index contributed by atoms with van der Waals surface area (Å²) < 4.78 is 4.94. The fourth-order valence-electron chi connectivity index (χ4n) is 1.65. The molecule has 0 spiro atoms. The molecular formula is C10H16N4O2. The quantitative estimate of drug-likeness (QED) is 0.774. The summed E-state index contributed by atoms with van der Waals surface area (Å²) in [5.41, 5.74) is 0. The first-order valence-corrected chi connectivity index (χ1v) is 5.34. The van der Waals surface area contributed by atoms with Crippen molar-refractivity contribution in [2.24, 2.45) is 0 Å². The molecule has 2 rings (SSSR count). The summed E-state index contributed by atoms with van der Waals surface area (Å²) in [5.74, 6) is -0.0768. The number of nitrogens with zero attached hydrogens (tertiary/aromatic N) is 3. The molecule has 6 nitrogen and oxygen atoms in total. The molecule has 16 heavy (non-hydrogen) atoms. The van der Waals surface area contributed by atoms with Crippen LogP contribution in [0.5, 0.6) is 0 Å². The van der Waals surface area contributed by atoms with Crippen LogP contribution in [0.15, 0.2) is 16.9 Å². The van der Waals surface area contributed by atoms with E-state index in [2.05, 4.69) is 27.1 Å². The zero-order chi connectivity index (χ0) is 11.4. The van der Waals surface area contributed by atoms with Gasteiger partial charge in [0.2, 0.25) is 5.91 Å². The third-order valence-electron chi connectivity index (χ3n) is 2.64. The van der Waals surface area contributed by atoms with Gasteiger partial charge in [0.1, 0.15) is 6.26 Å². The van der Waals surface area contributed by atoms with Gasteiger partial charge >= 0.3 is 6.01 Å². The molecule has 1 aliphatic heterocycles. The van der Waals surface area contributed by atoms with Crippen molar-refractivity contribution in [3.8, 4) is 0 Å². The van der Waals surface area contributed by atoms with Crippen LogP contribution in [0.3, 0.4) is 0 Å². The number of aromatic nitrogens is 1. The molecule has 0 atom stereocenters. The Balaban J connectivity index is 1.75. The highest BCUT2D eigenvalue weighted by Crippen LogP contribution is 2.02. The van der Waals surface area contributed by atoms with Crippen LogP contribution in [-0.2, 0) is 4.79 Å². The molecule has 2 heterocycles. The van der Waals surface area contributed by atoms with E-state index >= 15 is 0 Å². The predicted octanol–water partition coefficient (Wildman–Crippen LogP) is -0.140. The number of hydrogen-bond acceptors (Lipinski definition) is 5. The molecule has 0 aromatic carbocycles. The van der Waals surface area contributed by atoms with E-state index in [9.17, 15) is 4.79 Å². The molecule has 0 unspecified atom stereocenters. The van der Waals surface area contributed by atoms with Crippen molar-refractivity contribution in [2.45, 2.75) is 0 Å². The SMILES string of the molecule is CN1CCN(CC(=O)Nc2ncco2)CC1. The lowest BCUT2D eigenvalue weighted by molar-refractivity contribution is -0.117. The second kappa shape index (κ2) is 5.09. The Kier molecular flexibility index (Phi) is 3.53. The van der Waals surface area contributed by atoms with Crippen LogP contribution in [0.1, 0.15) is 0 Å². The molecule has 1 saturated heterocycles. The van der Waals surface area contributed by atoms with Crippen LogP contribution in [0.4, 0.5) is 6.01 Å². The fraction of sp³-hybridized carbons (Fsp3) is 0.600. The van der Waals surface area contributed by atoms with Crippen molar-refractivity contribution in [1.82, 2.24) is 14.8 Å². The molecule has 1 fully saturated rings. The number of rotatable bonds is 3. The minimum Gasteiger partial charge on any atom is -0.432 e. The summed E-state index contributed by atoms with van der Waals surface area (Å²) in [7, 11) is 2.09. The first-order chi connectivity index (χ1) is 7.74. The number of nitrogens with one attached hydrogen (secondary N) is 1. The van der Waals surface area contributed by atoms with Crippen LogP contribution >= 0.6 is 0 Å². The Morgan fingerprint density at radius 3 is 2.88 bits per heavy atom. The third-order valence-corrected chi connectivity index (χ3v) is 2.64. The zero-order valence-corrected chi connectivity index (χ0v) is 9.35. The lowest BCUT2D eigenvalue weighted by Crippen LogP contribution is -2.47. The first-order valence-electron chi connectivity index (χ1n) is 5.34. The van der Waals surface area contributed by atoms with E-state index < -0.39 is 0 Å². The minimum atomic E-state index is -0.0768. The summed E-state index contributed by atoms with van der Waals surface area (Å²) in [6, 6.07) is 0.263. The Hall–Kier alpha value is -1.40. The molecule has 1 aliphatic rings. The van der Waals surface area contributed by atoms with Gasteiger partial charge < -0.3 is 9.32 Å². The number of oxazole rings is 1. The molecule has 1 amide bonds. The Bertz CT molecular complexity index is 331. The van der Waals surface area contributed by atoms with E-state index in [4.69, 9.17) is 4.42 Å². The van der Waals surface area contributed by atoms with Crippen molar-refractivity contribution in [3.05, 3.63) is 12.5 Å². The van der Waals surface area contributed by atoms with Crippen LogP contribution < -0.4 is 5.32 Å². The molecule has 1 aromatic rings. The van der Waals surface area contributed by atoms with Gasteiger partial charge in [0.15, 0.2) is 0 Å². The highest BCUT2D eigenvalue weighted by Gasteiger charge is 2.16. The molecule has 6 heteroatoms. The van der Waals surface area contributed by atoms with Gasteiger partial charge in [0.05, 0.1) is 12.7 Å². The largest absolute Gasteiger partial charge is 0.432 e. The maximum absolute atomic E-state index is 11.6. The van der Waals surface area contributed by atoms with Gasteiger partial charge in [-0.25, -0.2) is 4.98 Å². The van der Waals surface area contributed by atoms with Crippen molar-refractivity contribution in [3.63, 3.8) is 0 Å². The van der Waals surface area contributed by atoms with E-state index in [-0.39, 0.29) is 11.9 Å². The van der Waals surface area contributed by atoms with Crippen LogP contribution in [-0.4, -0.2) is 60.5 Å². The van der Waals surface area contributed by atoms with E-state index in [0.717, 1.165) is 26.2 Å². The summed E-state index contributed by atoms with van der Waals surface area (Å²) >= 11 is 0. The molecular weight excluding hydrogens is 208 g/mol. The van der Waals surface area contributed by atoms with Gasteiger partial charge in [0, 0.05) is 26.2 Å². The van der Waals surface area contributed by atoms with E-state index in [1.54, 1.807) is 0 Å². The second-order valence-electron chi connectivity index (χ2n) is 3.96. The number of amides is 1. The number of anilines is 1. The van der Waals surface area contributed by atoms with Gasteiger partial charge in [0.25, 0.3) is 0 Å². The number of likely N-dealkylation sites (N-methyl/N-ethyl adjacent to an activating group) is 1. The van der Waals surface area contributed by atoms with Gasteiger partial charge in [-0.2, -0.15) is 0 Å². The van der Waals surface area contributed by atoms with Crippen LogP contribution in [0.2, 0.25) is 0 Å². The monoisotopic (exact) mass is 224 g/mol. The molecule has 0 bridgehead atoms. The van der Waals surface area contributed by atoms with Crippen molar-refractivity contribution < 1.29 is 9.21 Å². The number of carbonyl (C=O) groups is 1. The molecule has 1 aromatic heterocycles. The summed E-state index contributed by atoms with van der Waals surface area (Å²) in [6.45, 7) is 4.26. The van der Waals surface area contributed by atoms with Crippen LogP contribution in [0, 0.1) is 0 Å². The van der Waals surface area contributed by atoms with E-state index in [1.165, 1.54) is 12.5 Å². The molecule has 0 radical (unpaired) electrons. The first kappa shape index (κ1) is 11.1. The second-order valence-corrected chi connectivity index (χ2v) is 3.96. The highest BCUT2D eigenvalue weighted by molar-refractivity contribution is 5.90. The Morgan fingerprint density at radius 2 is 2.25 bits per heavy atom. The van der Waals surface area contributed by atoms with Crippen molar-refractivity contribution in [2.75, 3.05) is 45.1 Å². The zero-order valence-electron chi connectivity index (χ0n) is 9.35. The van der Waals surface area contributed by atoms with E-state index in [1.807, 2.05) is 0 Å². The van der Waals surface area contributed by atoms with Gasteiger partial charge in [-0.1, -0.05) is 0 Å². The fourth-order valence-corrected chi connectivity index (χ4v) is 1.65. The van der Waals surface area contributed by atoms with Gasteiger partial charge in [-0.15, -0.1) is 0 Å². The molecule has 1 N–H and O–H groups in total. The summed E-state index contributed by atoms with van der Waals surface area (Å²) in [4.78, 5) is 19.8. The van der Waals surface area contributed by atoms with Crippen molar-refractivity contribution >= 4 is 11.9 Å². The summed E-state index contributed by atoms with van der Waals surface area (Å²) in [5, 5.41) is 2.61. The lowest BCUT2D eigenvalue weighted by atomic mass is 10.3. The average molecular weight is 224 g/mol. The Labute approximate surface area is 94.2 Å². The Morgan fingerprint density at radius 1 is 1.50 bits per heavy atom. The van der Waals surface area contributed by atoms with Crippen molar-refractivity contribution in [1.29, 1.82) is 0 Å². The number of carbonyl (C=O) groups excluding carboxylic acids is 1. The lowest BCUT2D eigenvalue weighted by Gasteiger charge is -2.31. The smallest absolute Gasteiger partial charge is 0.301 e. The van der Waals surface area contributed by atoms with E-state index in [0.29, 0.717) is 6.54 Å². The maximum Gasteiger partial charge on any atom is 0.301 e. The number of hydrogen-bond donors (Lipinski definition) is 1. The highest BCUT2D eigenvalue weighted by atomic mass is 16.4. The average Bonchev–Trinajstić information content (AvgIpc) is 2.74. The topological polar surface area (TPSA) is 61.6 Å². The molecule has 88 valence electrons. The summed E-state index contributed by atoms with van der Waals surface area (Å²) in [6.07, 6.45) is 2.94. The van der Waals surface area contributed by atoms with Gasteiger partial charge in [-0.05, 0) is 7.05 Å². The number of piperazine rings is 1. The van der Waals surface area contributed by atoms with Crippen LogP contribution in [0.25, 0.3) is 0 Å². The maximum atomic E-state index is 11.6. The molecule has 0 saturated carbocycles. The molecule has 0 aliphatic carbocycles. The minimum absolute atomic E-state index is 0.0768.